The van der Waals surface area contributed by atoms with Gasteiger partial charge >= 0.3 is 12.1 Å². The van der Waals surface area contributed by atoms with Gasteiger partial charge < -0.3 is 9.84 Å². The van der Waals surface area contributed by atoms with Crippen molar-refractivity contribution in [2.45, 2.75) is 32.9 Å². The summed E-state index contributed by atoms with van der Waals surface area (Å²) in [7, 11) is 0. The second-order valence-electron chi connectivity index (χ2n) is 4.56. The van der Waals surface area contributed by atoms with E-state index in [1.165, 1.54) is 0 Å². The topological polar surface area (TPSA) is 59.4 Å². The maximum atomic E-state index is 12.6. The van der Waals surface area contributed by atoms with Crippen molar-refractivity contribution in [3.63, 3.8) is 0 Å². The molecule has 1 unspecified atom stereocenters. The number of carboxylic acid groups (broad SMARTS) is 1. The van der Waals surface area contributed by atoms with Crippen LogP contribution in [0.2, 0.25) is 0 Å². The van der Waals surface area contributed by atoms with Crippen molar-refractivity contribution in [2.75, 3.05) is 6.61 Å². The molecule has 0 amide bonds. The molecule has 7 heteroatoms. The fourth-order valence-electron chi connectivity index (χ4n) is 1.67. The molecule has 1 N–H and O–H groups in total. The average Bonchev–Trinajstić information content (AvgIpc) is 2.35. The molecule has 0 spiro atoms. The van der Waals surface area contributed by atoms with Gasteiger partial charge in [0.2, 0.25) is 5.88 Å². The minimum atomic E-state index is -4.63. The van der Waals surface area contributed by atoms with Crippen LogP contribution >= 0.6 is 0 Å². The zero-order valence-electron chi connectivity index (χ0n) is 11.2. The Hall–Kier alpha value is -1.79. The molecule has 0 saturated heterocycles. The van der Waals surface area contributed by atoms with E-state index in [4.69, 9.17) is 9.84 Å². The number of pyridine rings is 1. The number of rotatable bonds is 6. The lowest BCUT2D eigenvalue weighted by Gasteiger charge is -2.14. The lowest BCUT2D eigenvalue weighted by Crippen LogP contribution is -2.15. The van der Waals surface area contributed by atoms with Crippen molar-refractivity contribution in [1.82, 2.24) is 4.98 Å². The minimum absolute atomic E-state index is 0.109. The fraction of sp³-hybridized carbons (Fsp3) is 0.538. The Morgan fingerprint density at radius 3 is 2.60 bits per heavy atom. The van der Waals surface area contributed by atoms with Crippen LogP contribution in [0.5, 0.6) is 5.88 Å². The second-order valence-corrected chi connectivity index (χ2v) is 4.56. The highest BCUT2D eigenvalue weighted by molar-refractivity contribution is 5.90. The molecule has 0 aliphatic carbocycles. The van der Waals surface area contributed by atoms with E-state index in [0.29, 0.717) is 6.07 Å². The summed E-state index contributed by atoms with van der Waals surface area (Å²) in [5.74, 6) is -1.75. The molecule has 1 heterocycles. The largest absolute Gasteiger partial charge is 0.477 e. The van der Waals surface area contributed by atoms with Crippen LogP contribution in [0.4, 0.5) is 13.2 Å². The second kappa shape index (κ2) is 6.58. The summed E-state index contributed by atoms with van der Waals surface area (Å²) < 4.78 is 42.8. The first-order chi connectivity index (χ1) is 9.25. The summed E-state index contributed by atoms with van der Waals surface area (Å²) in [5.41, 5.74) is -1.54. The van der Waals surface area contributed by atoms with E-state index >= 15 is 0 Å². The molecular weight excluding hydrogens is 275 g/mol. The van der Waals surface area contributed by atoms with Crippen LogP contribution in [-0.2, 0) is 6.18 Å². The molecule has 0 aliphatic heterocycles. The van der Waals surface area contributed by atoms with E-state index in [2.05, 4.69) is 4.98 Å². The standard InChI is InChI=1S/C13H16F3NO3/c1-3-4-8(2)7-20-11-9(12(18)19)5-6-10(17-11)13(14,15)16/h5-6,8H,3-4,7H2,1-2H3,(H,18,19). The minimum Gasteiger partial charge on any atom is -0.477 e. The molecule has 0 aromatic carbocycles. The van der Waals surface area contributed by atoms with Gasteiger partial charge in [0.15, 0.2) is 0 Å². The normalized spacial score (nSPS) is 13.1. The van der Waals surface area contributed by atoms with Crippen molar-refractivity contribution in [2.24, 2.45) is 5.92 Å². The zero-order valence-corrected chi connectivity index (χ0v) is 11.2. The highest BCUT2D eigenvalue weighted by Gasteiger charge is 2.34. The number of carboxylic acids is 1. The van der Waals surface area contributed by atoms with Crippen molar-refractivity contribution in [3.8, 4) is 5.88 Å². The van der Waals surface area contributed by atoms with Gasteiger partial charge in [0.25, 0.3) is 0 Å². The highest BCUT2D eigenvalue weighted by Crippen LogP contribution is 2.30. The van der Waals surface area contributed by atoms with Crippen LogP contribution in [0.1, 0.15) is 42.7 Å². The molecule has 20 heavy (non-hydrogen) atoms. The molecule has 4 nitrogen and oxygen atoms in total. The van der Waals surface area contributed by atoms with Crippen molar-refractivity contribution >= 4 is 5.97 Å². The first kappa shape index (κ1) is 16.3. The molecule has 0 bridgehead atoms. The van der Waals surface area contributed by atoms with Gasteiger partial charge in [-0.15, -0.1) is 0 Å². The van der Waals surface area contributed by atoms with E-state index in [1.54, 1.807) is 0 Å². The summed E-state index contributed by atoms with van der Waals surface area (Å²) in [5, 5.41) is 8.93. The van der Waals surface area contributed by atoms with Gasteiger partial charge in [-0.1, -0.05) is 20.3 Å². The van der Waals surface area contributed by atoms with Gasteiger partial charge in [-0.3, -0.25) is 0 Å². The quantitative estimate of drug-likeness (QED) is 0.869. The molecule has 1 rings (SSSR count). The number of hydrogen-bond donors (Lipinski definition) is 1. The van der Waals surface area contributed by atoms with Crippen LogP contribution in [-0.4, -0.2) is 22.7 Å². The number of aromatic nitrogens is 1. The van der Waals surface area contributed by atoms with Gasteiger partial charge in [0, 0.05) is 0 Å². The average molecular weight is 291 g/mol. The third-order valence-electron chi connectivity index (χ3n) is 2.67. The fourth-order valence-corrected chi connectivity index (χ4v) is 1.67. The van der Waals surface area contributed by atoms with Crippen molar-refractivity contribution in [1.29, 1.82) is 0 Å². The van der Waals surface area contributed by atoms with E-state index in [0.717, 1.165) is 18.9 Å². The number of carbonyl (C=O) groups is 1. The smallest absolute Gasteiger partial charge is 0.433 e. The first-order valence-corrected chi connectivity index (χ1v) is 6.20. The van der Waals surface area contributed by atoms with Gasteiger partial charge in [0.05, 0.1) is 6.61 Å². The molecule has 1 aromatic rings. The van der Waals surface area contributed by atoms with Gasteiger partial charge in [-0.05, 0) is 24.5 Å². The van der Waals surface area contributed by atoms with Crippen molar-refractivity contribution in [3.05, 3.63) is 23.4 Å². The predicted octanol–water partition coefficient (Wildman–Crippen LogP) is 3.61. The number of ether oxygens (including phenoxy) is 1. The lowest BCUT2D eigenvalue weighted by molar-refractivity contribution is -0.141. The monoisotopic (exact) mass is 291 g/mol. The number of alkyl halides is 3. The number of halogens is 3. The Labute approximate surface area is 114 Å². The number of aromatic carboxylic acids is 1. The van der Waals surface area contributed by atoms with E-state index in [1.807, 2.05) is 13.8 Å². The van der Waals surface area contributed by atoms with Gasteiger partial charge in [-0.2, -0.15) is 13.2 Å². The van der Waals surface area contributed by atoms with E-state index < -0.39 is 23.7 Å². The summed E-state index contributed by atoms with van der Waals surface area (Å²) in [6.45, 7) is 3.97. The molecule has 0 saturated carbocycles. The van der Waals surface area contributed by atoms with Crippen LogP contribution in [0, 0.1) is 5.92 Å². The molecule has 1 atom stereocenters. The summed E-state index contributed by atoms with van der Waals surface area (Å²) in [6, 6.07) is 1.49. The molecular formula is C13H16F3NO3. The van der Waals surface area contributed by atoms with E-state index in [-0.39, 0.29) is 18.1 Å². The third-order valence-corrected chi connectivity index (χ3v) is 2.67. The third kappa shape index (κ3) is 4.40. The summed E-state index contributed by atoms with van der Waals surface area (Å²) in [6.07, 6.45) is -2.89. The van der Waals surface area contributed by atoms with Crippen LogP contribution < -0.4 is 4.74 Å². The molecule has 1 aromatic heterocycles. The zero-order chi connectivity index (χ0) is 15.3. The Balaban J connectivity index is 2.98. The van der Waals surface area contributed by atoms with Gasteiger partial charge in [0.1, 0.15) is 11.3 Å². The number of hydrogen-bond acceptors (Lipinski definition) is 3. The maximum Gasteiger partial charge on any atom is 0.433 e. The SMILES string of the molecule is CCCC(C)COc1nc(C(F)(F)F)ccc1C(=O)O. The molecule has 0 aliphatic rings. The Bertz CT molecular complexity index is 474. The highest BCUT2D eigenvalue weighted by atomic mass is 19.4. The van der Waals surface area contributed by atoms with E-state index in [9.17, 15) is 18.0 Å². The van der Waals surface area contributed by atoms with Gasteiger partial charge in [-0.25, -0.2) is 9.78 Å². The maximum absolute atomic E-state index is 12.6. The van der Waals surface area contributed by atoms with Crippen molar-refractivity contribution < 1.29 is 27.8 Å². The molecule has 112 valence electrons. The van der Waals surface area contributed by atoms with Crippen LogP contribution in [0.25, 0.3) is 0 Å². The molecule has 0 fully saturated rings. The van der Waals surface area contributed by atoms with Crippen LogP contribution in [0.3, 0.4) is 0 Å². The van der Waals surface area contributed by atoms with Crippen LogP contribution in [0.15, 0.2) is 12.1 Å². The Kier molecular flexibility index (Phi) is 5.35. The molecule has 0 radical (unpaired) electrons. The lowest BCUT2D eigenvalue weighted by atomic mass is 10.1. The summed E-state index contributed by atoms with van der Waals surface area (Å²) in [4.78, 5) is 14.2. The predicted molar refractivity (Wildman–Crippen MR) is 65.8 cm³/mol. The first-order valence-electron chi connectivity index (χ1n) is 6.20. The Morgan fingerprint density at radius 2 is 2.10 bits per heavy atom. The Morgan fingerprint density at radius 1 is 1.45 bits per heavy atom. The summed E-state index contributed by atoms with van der Waals surface area (Å²) >= 11 is 0. The number of nitrogens with zero attached hydrogens (tertiary/aromatic N) is 1.